The van der Waals surface area contributed by atoms with Crippen LogP contribution < -0.4 is 5.32 Å². The number of hydrogen-bond donors (Lipinski definition) is 2. The predicted molar refractivity (Wildman–Crippen MR) is 108 cm³/mol. The van der Waals surface area contributed by atoms with E-state index in [1.54, 1.807) is 0 Å². The van der Waals surface area contributed by atoms with Gasteiger partial charge in [0.25, 0.3) is 5.91 Å². The number of likely N-dealkylation sites (tertiary alicyclic amines) is 1. The summed E-state index contributed by atoms with van der Waals surface area (Å²) in [6, 6.07) is 9.52. The molecule has 4 rings (SSSR count). The summed E-state index contributed by atoms with van der Waals surface area (Å²) in [5.41, 5.74) is 2.37. The molecule has 1 amide bonds. The van der Waals surface area contributed by atoms with E-state index in [-0.39, 0.29) is 17.6 Å². The van der Waals surface area contributed by atoms with Gasteiger partial charge >= 0.3 is 0 Å². The molecule has 2 aromatic heterocycles. The van der Waals surface area contributed by atoms with Crippen LogP contribution in [0.5, 0.6) is 0 Å². The van der Waals surface area contributed by atoms with Crippen molar-refractivity contribution in [2.24, 2.45) is 0 Å². The maximum absolute atomic E-state index is 13.2. The van der Waals surface area contributed by atoms with Crippen LogP contribution in [0.4, 0.5) is 16.0 Å². The summed E-state index contributed by atoms with van der Waals surface area (Å²) in [6.45, 7) is 5.06. The molecule has 150 valence electrons. The average molecular weight is 394 g/mol. The van der Waals surface area contributed by atoms with Gasteiger partial charge in [-0.05, 0) is 51.0 Å². The number of carbonyl (C=O) groups excluding carboxylic acids is 1. The zero-order chi connectivity index (χ0) is 20.4. The fourth-order valence-corrected chi connectivity index (χ4v) is 3.66. The van der Waals surface area contributed by atoms with E-state index in [1.165, 1.54) is 24.3 Å². The molecule has 7 nitrogen and oxygen atoms in total. The Morgan fingerprint density at radius 2 is 1.97 bits per heavy atom. The molecule has 3 heterocycles. The number of rotatable bonds is 4. The van der Waals surface area contributed by atoms with Gasteiger partial charge in [-0.25, -0.2) is 14.4 Å². The second-order valence-corrected chi connectivity index (χ2v) is 7.38. The maximum Gasteiger partial charge on any atom is 0.253 e. The largest absolute Gasteiger partial charge is 0.338 e. The predicted octanol–water partition coefficient (Wildman–Crippen LogP) is 3.72. The highest BCUT2D eigenvalue weighted by molar-refractivity contribution is 5.94. The third-order valence-corrected chi connectivity index (χ3v) is 5.04. The lowest BCUT2D eigenvalue weighted by Crippen LogP contribution is -2.39. The molecule has 8 heteroatoms. The molecule has 1 saturated heterocycles. The first-order valence-corrected chi connectivity index (χ1v) is 9.67. The summed E-state index contributed by atoms with van der Waals surface area (Å²) < 4.78 is 13.2. The summed E-state index contributed by atoms with van der Waals surface area (Å²) in [5.74, 6) is 1.74. The van der Waals surface area contributed by atoms with Crippen LogP contribution in [0, 0.1) is 19.7 Å². The van der Waals surface area contributed by atoms with Crippen molar-refractivity contribution >= 4 is 17.5 Å². The summed E-state index contributed by atoms with van der Waals surface area (Å²) in [4.78, 5) is 23.7. The Labute approximate surface area is 168 Å². The number of halogens is 1. The number of aryl methyl sites for hydroxylation is 2. The van der Waals surface area contributed by atoms with Gasteiger partial charge in [0, 0.05) is 42.4 Å². The van der Waals surface area contributed by atoms with Crippen LogP contribution in [0.2, 0.25) is 0 Å². The monoisotopic (exact) mass is 394 g/mol. The molecule has 0 radical (unpaired) electrons. The number of aromatic amines is 1. The molecule has 0 unspecified atom stereocenters. The van der Waals surface area contributed by atoms with E-state index >= 15 is 0 Å². The van der Waals surface area contributed by atoms with Gasteiger partial charge in [0.1, 0.15) is 17.5 Å². The van der Waals surface area contributed by atoms with Crippen LogP contribution in [0.3, 0.4) is 0 Å². The van der Waals surface area contributed by atoms with Gasteiger partial charge in [-0.15, -0.1) is 0 Å². The first-order valence-electron chi connectivity index (χ1n) is 9.67. The minimum atomic E-state index is -0.346. The topological polar surface area (TPSA) is 86.8 Å². The van der Waals surface area contributed by atoms with Crippen molar-refractivity contribution in [1.82, 2.24) is 25.1 Å². The highest BCUT2D eigenvalue weighted by atomic mass is 19.1. The SMILES string of the molecule is Cc1nc(Nc2cc(C)[nH]n2)cc([C@@H]2CCCN(C(=O)c3ccc(F)cc3)C2)n1. The van der Waals surface area contributed by atoms with Crippen LogP contribution in [-0.4, -0.2) is 44.1 Å². The molecule has 0 aliphatic carbocycles. The fraction of sp³-hybridized carbons (Fsp3) is 0.333. The summed E-state index contributed by atoms with van der Waals surface area (Å²) >= 11 is 0. The van der Waals surface area contributed by atoms with Gasteiger partial charge in [-0.1, -0.05) is 0 Å². The minimum absolute atomic E-state index is 0.0779. The molecule has 0 saturated carbocycles. The average Bonchev–Trinajstić information content (AvgIpc) is 3.12. The maximum atomic E-state index is 13.2. The molecule has 1 fully saturated rings. The lowest BCUT2D eigenvalue weighted by atomic mass is 9.94. The molecule has 0 bridgehead atoms. The highest BCUT2D eigenvalue weighted by Gasteiger charge is 2.27. The number of hydrogen-bond acceptors (Lipinski definition) is 5. The zero-order valence-electron chi connectivity index (χ0n) is 16.4. The summed E-state index contributed by atoms with van der Waals surface area (Å²) in [7, 11) is 0. The van der Waals surface area contributed by atoms with Gasteiger partial charge < -0.3 is 10.2 Å². The molecule has 29 heavy (non-hydrogen) atoms. The Morgan fingerprint density at radius 1 is 1.17 bits per heavy atom. The van der Waals surface area contributed by atoms with E-state index in [1.807, 2.05) is 30.9 Å². The van der Waals surface area contributed by atoms with Gasteiger partial charge in [0.15, 0.2) is 5.82 Å². The molecule has 2 N–H and O–H groups in total. The normalized spacial score (nSPS) is 16.7. The Hall–Kier alpha value is -3.29. The number of nitrogens with one attached hydrogen (secondary N) is 2. The van der Waals surface area contributed by atoms with Crippen LogP contribution in [-0.2, 0) is 0 Å². The van der Waals surface area contributed by atoms with Gasteiger partial charge in [-0.2, -0.15) is 5.10 Å². The smallest absolute Gasteiger partial charge is 0.253 e. The second-order valence-electron chi connectivity index (χ2n) is 7.38. The third kappa shape index (κ3) is 4.42. The number of carbonyl (C=O) groups is 1. The molecule has 1 aliphatic rings. The number of H-pyrrole nitrogens is 1. The standard InChI is InChI=1S/C21H23FN6O/c1-13-10-20(27-26-13)25-19-11-18(23-14(2)24-19)16-4-3-9-28(12-16)21(29)15-5-7-17(22)8-6-15/h5-8,10-11,16H,3-4,9,12H2,1-2H3,(H2,23,24,25,26,27)/t16-/m1/s1. The van der Waals surface area contributed by atoms with Crippen LogP contribution in [0.1, 0.15) is 46.3 Å². The summed E-state index contributed by atoms with van der Waals surface area (Å²) in [6.07, 6.45) is 1.84. The Morgan fingerprint density at radius 3 is 2.69 bits per heavy atom. The molecule has 0 spiro atoms. The highest BCUT2D eigenvalue weighted by Crippen LogP contribution is 2.28. The van der Waals surface area contributed by atoms with E-state index in [0.29, 0.717) is 36.1 Å². The molecular formula is C21H23FN6O. The van der Waals surface area contributed by atoms with Crippen molar-refractivity contribution in [3.05, 3.63) is 65.0 Å². The fourth-order valence-electron chi connectivity index (χ4n) is 3.66. The number of benzene rings is 1. The quantitative estimate of drug-likeness (QED) is 0.704. The van der Waals surface area contributed by atoms with E-state index in [9.17, 15) is 9.18 Å². The third-order valence-electron chi connectivity index (χ3n) is 5.04. The molecule has 3 aromatic rings. The van der Waals surface area contributed by atoms with E-state index < -0.39 is 0 Å². The molecular weight excluding hydrogens is 371 g/mol. The number of nitrogens with zero attached hydrogens (tertiary/aromatic N) is 4. The van der Waals surface area contributed by atoms with E-state index in [4.69, 9.17) is 0 Å². The Bertz CT molecular complexity index is 1020. The van der Waals surface area contributed by atoms with Crippen molar-refractivity contribution < 1.29 is 9.18 Å². The number of anilines is 2. The number of amides is 1. The van der Waals surface area contributed by atoms with E-state index in [0.717, 1.165) is 24.2 Å². The minimum Gasteiger partial charge on any atom is -0.338 e. The van der Waals surface area contributed by atoms with Crippen molar-refractivity contribution in [2.75, 3.05) is 18.4 Å². The lowest BCUT2D eigenvalue weighted by molar-refractivity contribution is 0.0706. The van der Waals surface area contributed by atoms with Crippen molar-refractivity contribution in [3.8, 4) is 0 Å². The van der Waals surface area contributed by atoms with E-state index in [2.05, 4.69) is 25.5 Å². The van der Waals surface area contributed by atoms with Crippen LogP contribution in [0.25, 0.3) is 0 Å². The first kappa shape index (κ1) is 19.0. The molecule has 1 aromatic carbocycles. The Balaban J connectivity index is 1.51. The second kappa shape index (κ2) is 7.98. The Kier molecular flexibility index (Phi) is 5.24. The van der Waals surface area contributed by atoms with Gasteiger partial charge in [0.05, 0.1) is 5.69 Å². The molecule has 1 aliphatic heterocycles. The van der Waals surface area contributed by atoms with Gasteiger partial charge in [0.2, 0.25) is 0 Å². The number of aromatic nitrogens is 4. The van der Waals surface area contributed by atoms with Crippen LogP contribution >= 0.6 is 0 Å². The number of piperidine rings is 1. The molecule has 1 atom stereocenters. The van der Waals surface area contributed by atoms with Crippen molar-refractivity contribution in [1.29, 1.82) is 0 Å². The summed E-state index contributed by atoms with van der Waals surface area (Å²) in [5, 5.41) is 10.3. The van der Waals surface area contributed by atoms with Crippen LogP contribution in [0.15, 0.2) is 36.4 Å². The zero-order valence-corrected chi connectivity index (χ0v) is 16.4. The first-order chi connectivity index (χ1) is 14.0. The lowest BCUT2D eigenvalue weighted by Gasteiger charge is -2.32. The van der Waals surface area contributed by atoms with Crippen molar-refractivity contribution in [3.63, 3.8) is 0 Å². The van der Waals surface area contributed by atoms with Gasteiger partial charge in [-0.3, -0.25) is 9.89 Å². The van der Waals surface area contributed by atoms with Crippen molar-refractivity contribution in [2.45, 2.75) is 32.6 Å².